The normalized spacial score (nSPS) is 9.85. The van der Waals surface area contributed by atoms with Crippen LogP contribution in [0.3, 0.4) is 0 Å². The van der Waals surface area contributed by atoms with Gasteiger partial charge in [-0.15, -0.1) is 0 Å². The largest absolute Gasteiger partial charge is 0.465 e. The Morgan fingerprint density at radius 1 is 1.38 bits per heavy atom. The van der Waals surface area contributed by atoms with Crippen LogP contribution in [0, 0.1) is 6.92 Å². The van der Waals surface area contributed by atoms with E-state index >= 15 is 0 Å². The van der Waals surface area contributed by atoms with Crippen molar-refractivity contribution >= 4 is 29.2 Å². The highest BCUT2D eigenvalue weighted by Crippen LogP contribution is 2.28. The first-order chi connectivity index (χ1) is 6.07. The van der Waals surface area contributed by atoms with Gasteiger partial charge in [-0.1, -0.05) is 29.3 Å². The lowest BCUT2D eigenvalue weighted by molar-refractivity contribution is 0.0601. The fraction of sp³-hybridized carbons (Fsp3) is 0.222. The molecule has 2 nitrogen and oxygen atoms in total. The first-order valence-electron chi connectivity index (χ1n) is 3.61. The molecule has 0 saturated heterocycles. The third-order valence-corrected chi connectivity index (χ3v) is 2.48. The van der Waals surface area contributed by atoms with E-state index in [0.29, 0.717) is 10.0 Å². The van der Waals surface area contributed by atoms with E-state index in [0.717, 1.165) is 5.56 Å². The fourth-order valence-corrected chi connectivity index (χ4v) is 1.47. The molecule has 1 rings (SSSR count). The molecule has 0 atom stereocenters. The Morgan fingerprint density at radius 3 is 2.54 bits per heavy atom. The highest BCUT2D eigenvalue weighted by atomic mass is 35.5. The third-order valence-electron chi connectivity index (χ3n) is 1.67. The van der Waals surface area contributed by atoms with Gasteiger partial charge < -0.3 is 4.74 Å². The Kier molecular flexibility index (Phi) is 3.17. The molecule has 1 aromatic rings. The molecule has 0 amide bonds. The van der Waals surface area contributed by atoms with E-state index in [9.17, 15) is 4.79 Å². The molecule has 0 fully saturated rings. The highest BCUT2D eigenvalue weighted by molar-refractivity contribution is 6.39. The zero-order valence-electron chi connectivity index (χ0n) is 7.23. The number of carbonyl (C=O) groups excluding carboxylic acids is 1. The lowest BCUT2D eigenvalue weighted by Crippen LogP contribution is -2.03. The van der Waals surface area contributed by atoms with Gasteiger partial charge in [0.2, 0.25) is 0 Å². The summed E-state index contributed by atoms with van der Waals surface area (Å²) in [7, 11) is 1.29. The van der Waals surface area contributed by atoms with Crippen molar-refractivity contribution < 1.29 is 9.53 Å². The minimum Gasteiger partial charge on any atom is -0.465 e. The van der Waals surface area contributed by atoms with Crippen LogP contribution in [0.25, 0.3) is 0 Å². The number of rotatable bonds is 1. The summed E-state index contributed by atoms with van der Waals surface area (Å²) < 4.78 is 4.55. The van der Waals surface area contributed by atoms with Crippen LogP contribution in [0.5, 0.6) is 0 Å². The summed E-state index contributed by atoms with van der Waals surface area (Å²) in [5.41, 5.74) is 1.03. The molecule has 0 radical (unpaired) electrons. The summed E-state index contributed by atoms with van der Waals surface area (Å²) in [5.74, 6) is -0.515. The molecule has 0 aliphatic heterocycles. The molecule has 0 spiro atoms. The van der Waals surface area contributed by atoms with Crippen LogP contribution < -0.4 is 0 Å². The monoisotopic (exact) mass is 218 g/mol. The number of methoxy groups -OCH3 is 1. The van der Waals surface area contributed by atoms with Gasteiger partial charge in [0.05, 0.1) is 22.7 Å². The molecule has 70 valence electrons. The van der Waals surface area contributed by atoms with Crippen molar-refractivity contribution in [1.82, 2.24) is 0 Å². The van der Waals surface area contributed by atoms with Crippen LogP contribution in [0.4, 0.5) is 0 Å². The topological polar surface area (TPSA) is 26.3 Å². The summed E-state index contributed by atoms with van der Waals surface area (Å²) in [6, 6.07) is 3.37. The van der Waals surface area contributed by atoms with Gasteiger partial charge in [0, 0.05) is 0 Å². The molecule has 0 saturated carbocycles. The van der Waals surface area contributed by atoms with Gasteiger partial charge in [0.25, 0.3) is 0 Å². The minimum atomic E-state index is -0.515. The van der Waals surface area contributed by atoms with E-state index in [4.69, 9.17) is 23.2 Å². The van der Waals surface area contributed by atoms with E-state index in [2.05, 4.69) is 4.74 Å². The zero-order chi connectivity index (χ0) is 10.0. The number of esters is 1. The Morgan fingerprint density at radius 2 is 2.00 bits per heavy atom. The molecule has 0 heterocycles. The number of benzene rings is 1. The van der Waals surface area contributed by atoms with Crippen molar-refractivity contribution in [1.29, 1.82) is 0 Å². The van der Waals surface area contributed by atoms with E-state index in [1.807, 2.05) is 0 Å². The van der Waals surface area contributed by atoms with Crippen LogP contribution in [0.15, 0.2) is 12.1 Å². The molecule has 0 aliphatic rings. The van der Waals surface area contributed by atoms with Crippen molar-refractivity contribution in [2.75, 3.05) is 7.11 Å². The number of carbonyl (C=O) groups is 1. The average molecular weight is 219 g/mol. The van der Waals surface area contributed by atoms with Gasteiger partial charge in [0.1, 0.15) is 0 Å². The molecule has 4 heteroatoms. The standard InChI is InChI=1S/C9H8Cl2O2/c1-5-3-4-6(10)7(8(5)11)9(12)13-2/h3-4H,1-2H3. The second-order valence-corrected chi connectivity index (χ2v) is 3.33. The molecule has 0 unspecified atom stereocenters. The van der Waals surface area contributed by atoms with Gasteiger partial charge >= 0.3 is 5.97 Å². The van der Waals surface area contributed by atoms with Gasteiger partial charge in [-0.3, -0.25) is 0 Å². The lowest BCUT2D eigenvalue weighted by Gasteiger charge is -2.06. The van der Waals surface area contributed by atoms with Gasteiger partial charge in [-0.2, -0.15) is 0 Å². The molecule has 13 heavy (non-hydrogen) atoms. The van der Waals surface area contributed by atoms with Crippen LogP contribution in [0.1, 0.15) is 15.9 Å². The summed E-state index contributed by atoms with van der Waals surface area (Å²) in [6.07, 6.45) is 0. The predicted molar refractivity (Wildman–Crippen MR) is 52.5 cm³/mol. The van der Waals surface area contributed by atoms with E-state index < -0.39 is 5.97 Å². The Hall–Kier alpha value is -0.730. The molecule has 1 aromatic carbocycles. The number of halogens is 2. The van der Waals surface area contributed by atoms with Crippen LogP contribution in [-0.2, 0) is 4.74 Å². The van der Waals surface area contributed by atoms with Crippen molar-refractivity contribution in [2.24, 2.45) is 0 Å². The number of aryl methyl sites for hydroxylation is 1. The van der Waals surface area contributed by atoms with E-state index in [1.54, 1.807) is 19.1 Å². The second kappa shape index (κ2) is 3.99. The minimum absolute atomic E-state index is 0.228. The first-order valence-corrected chi connectivity index (χ1v) is 4.36. The maximum atomic E-state index is 11.2. The van der Waals surface area contributed by atoms with Crippen molar-refractivity contribution in [3.05, 3.63) is 33.3 Å². The summed E-state index contributed by atoms with van der Waals surface area (Å²) in [5, 5.41) is 0.654. The fourth-order valence-electron chi connectivity index (χ4n) is 0.946. The van der Waals surface area contributed by atoms with Crippen LogP contribution in [0.2, 0.25) is 10.0 Å². The molecule has 0 aliphatic carbocycles. The Labute approximate surface area is 86.4 Å². The van der Waals surface area contributed by atoms with Crippen LogP contribution in [-0.4, -0.2) is 13.1 Å². The summed E-state index contributed by atoms with van der Waals surface area (Å²) in [6.45, 7) is 1.80. The van der Waals surface area contributed by atoms with Crippen LogP contribution >= 0.6 is 23.2 Å². The summed E-state index contributed by atoms with van der Waals surface area (Å²) in [4.78, 5) is 11.2. The third kappa shape index (κ3) is 1.95. The number of hydrogen-bond acceptors (Lipinski definition) is 2. The average Bonchev–Trinajstić information content (AvgIpc) is 2.12. The maximum absolute atomic E-state index is 11.2. The molecule has 0 aromatic heterocycles. The summed E-state index contributed by atoms with van der Waals surface area (Å²) >= 11 is 11.7. The molecule has 0 N–H and O–H groups in total. The maximum Gasteiger partial charge on any atom is 0.340 e. The zero-order valence-corrected chi connectivity index (χ0v) is 8.74. The Bertz CT molecular complexity index is 348. The first kappa shape index (κ1) is 10.4. The Balaban J connectivity index is 3.33. The number of ether oxygens (including phenoxy) is 1. The predicted octanol–water partition coefficient (Wildman–Crippen LogP) is 3.09. The smallest absolute Gasteiger partial charge is 0.340 e. The van der Waals surface area contributed by atoms with Gasteiger partial charge in [-0.05, 0) is 18.6 Å². The van der Waals surface area contributed by atoms with Crippen molar-refractivity contribution in [3.63, 3.8) is 0 Å². The quantitative estimate of drug-likeness (QED) is 0.678. The van der Waals surface area contributed by atoms with E-state index in [-0.39, 0.29) is 5.56 Å². The van der Waals surface area contributed by atoms with Crippen molar-refractivity contribution in [3.8, 4) is 0 Å². The number of hydrogen-bond donors (Lipinski definition) is 0. The SMILES string of the molecule is COC(=O)c1c(Cl)ccc(C)c1Cl. The highest BCUT2D eigenvalue weighted by Gasteiger charge is 2.16. The van der Waals surface area contributed by atoms with Gasteiger partial charge in [0.15, 0.2) is 0 Å². The molecule has 0 bridgehead atoms. The second-order valence-electron chi connectivity index (χ2n) is 2.54. The lowest BCUT2D eigenvalue weighted by atomic mass is 10.1. The van der Waals surface area contributed by atoms with Crippen molar-refractivity contribution in [2.45, 2.75) is 6.92 Å². The molecular formula is C9H8Cl2O2. The van der Waals surface area contributed by atoms with Gasteiger partial charge in [-0.25, -0.2) is 4.79 Å². The van der Waals surface area contributed by atoms with E-state index in [1.165, 1.54) is 7.11 Å². The molecular weight excluding hydrogens is 211 g/mol.